The lowest BCUT2D eigenvalue weighted by Gasteiger charge is -2.10. The summed E-state index contributed by atoms with van der Waals surface area (Å²) in [7, 11) is 0. The molecule has 7 heteroatoms. The van der Waals surface area contributed by atoms with Crippen molar-refractivity contribution in [2.24, 2.45) is 0 Å². The summed E-state index contributed by atoms with van der Waals surface area (Å²) in [6.07, 6.45) is 0. The van der Waals surface area contributed by atoms with Crippen molar-refractivity contribution in [1.82, 2.24) is 15.1 Å². The van der Waals surface area contributed by atoms with Gasteiger partial charge in [-0.3, -0.25) is 14.5 Å². The number of aromatic nitrogens is 2. The van der Waals surface area contributed by atoms with Gasteiger partial charge in [0.05, 0.1) is 11.1 Å². The molecule has 2 heterocycles. The Morgan fingerprint density at radius 1 is 0.917 bits per heavy atom. The maximum absolute atomic E-state index is 12.9. The molecule has 0 atom stereocenters. The van der Waals surface area contributed by atoms with Gasteiger partial charge in [-0.25, -0.2) is 4.39 Å². The minimum atomic E-state index is -0.392. The zero-order valence-electron chi connectivity index (χ0n) is 12.3. The van der Waals surface area contributed by atoms with E-state index in [-0.39, 0.29) is 24.1 Å². The van der Waals surface area contributed by atoms with Crippen LogP contribution in [0.15, 0.2) is 52.9 Å². The number of fused-ring (bicyclic) bond motifs is 1. The van der Waals surface area contributed by atoms with Gasteiger partial charge in [0.1, 0.15) is 12.4 Å². The number of hydrogen-bond acceptors (Lipinski definition) is 5. The second-order valence-corrected chi connectivity index (χ2v) is 5.25. The van der Waals surface area contributed by atoms with Crippen molar-refractivity contribution in [3.05, 3.63) is 71.4 Å². The van der Waals surface area contributed by atoms with Gasteiger partial charge in [-0.15, -0.1) is 10.2 Å². The van der Waals surface area contributed by atoms with Crippen LogP contribution in [-0.4, -0.2) is 26.9 Å². The van der Waals surface area contributed by atoms with Crippen LogP contribution in [0.4, 0.5) is 4.39 Å². The number of imide groups is 1. The fraction of sp³-hybridized carbons (Fsp3) is 0.0588. The first-order chi connectivity index (χ1) is 11.6. The van der Waals surface area contributed by atoms with E-state index in [0.29, 0.717) is 16.7 Å². The Kier molecular flexibility index (Phi) is 3.19. The lowest BCUT2D eigenvalue weighted by molar-refractivity contribution is 0.0629. The van der Waals surface area contributed by atoms with Crippen LogP contribution in [0.3, 0.4) is 0 Å². The smallest absolute Gasteiger partial charge is 0.262 e. The van der Waals surface area contributed by atoms with Crippen molar-refractivity contribution in [1.29, 1.82) is 0 Å². The summed E-state index contributed by atoms with van der Waals surface area (Å²) in [6.45, 7) is -0.111. The first-order valence-corrected chi connectivity index (χ1v) is 7.17. The predicted octanol–water partition coefficient (Wildman–Crippen LogP) is 2.67. The Balaban J connectivity index is 1.58. The fourth-order valence-electron chi connectivity index (χ4n) is 2.54. The van der Waals surface area contributed by atoms with Crippen LogP contribution < -0.4 is 0 Å². The average Bonchev–Trinajstić information content (AvgIpc) is 3.16. The van der Waals surface area contributed by atoms with E-state index in [0.717, 1.165) is 4.90 Å². The van der Waals surface area contributed by atoms with Gasteiger partial charge in [0.2, 0.25) is 11.8 Å². The Hall–Kier alpha value is -3.35. The van der Waals surface area contributed by atoms with Gasteiger partial charge in [0, 0.05) is 5.56 Å². The largest absolute Gasteiger partial charge is 0.419 e. The highest BCUT2D eigenvalue weighted by molar-refractivity contribution is 6.21. The zero-order chi connectivity index (χ0) is 16.7. The normalized spacial score (nSPS) is 13.5. The molecule has 0 radical (unpaired) electrons. The van der Waals surface area contributed by atoms with Gasteiger partial charge in [0.15, 0.2) is 0 Å². The topological polar surface area (TPSA) is 76.3 Å². The molecule has 0 spiro atoms. The number of benzene rings is 2. The summed E-state index contributed by atoms with van der Waals surface area (Å²) in [4.78, 5) is 25.7. The van der Waals surface area contributed by atoms with Crippen molar-refractivity contribution in [2.45, 2.75) is 6.54 Å². The summed E-state index contributed by atoms with van der Waals surface area (Å²) >= 11 is 0. The summed E-state index contributed by atoms with van der Waals surface area (Å²) < 4.78 is 18.4. The van der Waals surface area contributed by atoms with Gasteiger partial charge >= 0.3 is 0 Å². The molecular weight excluding hydrogens is 313 g/mol. The molecule has 0 aliphatic carbocycles. The Morgan fingerprint density at radius 3 is 2.17 bits per heavy atom. The SMILES string of the molecule is O=C1c2ccccc2C(=O)N1Cc1nnc(-c2ccc(F)cc2)o1. The minimum Gasteiger partial charge on any atom is -0.419 e. The lowest BCUT2D eigenvalue weighted by atomic mass is 10.1. The number of hydrogen-bond donors (Lipinski definition) is 0. The molecule has 24 heavy (non-hydrogen) atoms. The third-order valence-electron chi connectivity index (χ3n) is 3.73. The summed E-state index contributed by atoms with van der Waals surface area (Å²) in [6, 6.07) is 12.2. The van der Waals surface area contributed by atoms with Crippen LogP contribution in [0, 0.1) is 5.82 Å². The molecular formula is C17H10FN3O3. The summed E-state index contributed by atoms with van der Waals surface area (Å²) in [5.41, 5.74) is 1.28. The molecule has 2 aromatic carbocycles. The molecule has 0 fully saturated rings. The van der Waals surface area contributed by atoms with Gasteiger partial charge < -0.3 is 4.42 Å². The van der Waals surface area contributed by atoms with Crippen LogP contribution in [0.25, 0.3) is 11.5 Å². The molecule has 1 aromatic heterocycles. The first-order valence-electron chi connectivity index (χ1n) is 7.17. The number of rotatable bonds is 3. The lowest BCUT2D eigenvalue weighted by Crippen LogP contribution is -2.29. The van der Waals surface area contributed by atoms with Crippen LogP contribution in [0.1, 0.15) is 26.6 Å². The number of halogens is 1. The highest BCUT2D eigenvalue weighted by atomic mass is 19.1. The van der Waals surface area contributed by atoms with E-state index in [9.17, 15) is 14.0 Å². The maximum atomic E-state index is 12.9. The Bertz CT molecular complexity index is 915. The molecule has 118 valence electrons. The monoisotopic (exact) mass is 323 g/mol. The van der Waals surface area contributed by atoms with E-state index in [1.807, 2.05) is 0 Å². The van der Waals surface area contributed by atoms with E-state index in [1.54, 1.807) is 24.3 Å². The minimum absolute atomic E-state index is 0.111. The van der Waals surface area contributed by atoms with E-state index in [1.165, 1.54) is 24.3 Å². The molecule has 0 saturated heterocycles. The first kappa shape index (κ1) is 14.3. The fourth-order valence-corrected chi connectivity index (χ4v) is 2.54. The van der Waals surface area contributed by atoms with Gasteiger partial charge in [-0.2, -0.15) is 0 Å². The van der Waals surface area contributed by atoms with Gasteiger partial charge in [-0.1, -0.05) is 12.1 Å². The van der Waals surface area contributed by atoms with Gasteiger partial charge in [-0.05, 0) is 36.4 Å². The predicted molar refractivity (Wildman–Crippen MR) is 80.3 cm³/mol. The molecule has 0 saturated carbocycles. The highest BCUT2D eigenvalue weighted by Gasteiger charge is 2.36. The zero-order valence-corrected chi connectivity index (χ0v) is 12.3. The van der Waals surface area contributed by atoms with E-state index < -0.39 is 11.8 Å². The molecule has 3 aromatic rings. The number of carbonyl (C=O) groups excluding carboxylic acids is 2. The van der Waals surface area contributed by atoms with E-state index in [2.05, 4.69) is 10.2 Å². The molecule has 4 rings (SSSR count). The maximum Gasteiger partial charge on any atom is 0.262 e. The molecule has 0 bridgehead atoms. The summed E-state index contributed by atoms with van der Waals surface area (Å²) in [5, 5.41) is 7.72. The van der Waals surface area contributed by atoms with Gasteiger partial charge in [0.25, 0.3) is 11.8 Å². The van der Waals surface area contributed by atoms with Crippen molar-refractivity contribution < 1.29 is 18.4 Å². The molecule has 0 N–H and O–H groups in total. The van der Waals surface area contributed by atoms with Crippen LogP contribution >= 0.6 is 0 Å². The second-order valence-electron chi connectivity index (χ2n) is 5.25. The number of amides is 2. The Morgan fingerprint density at radius 2 is 1.54 bits per heavy atom. The number of carbonyl (C=O) groups is 2. The molecule has 1 aliphatic heterocycles. The third-order valence-corrected chi connectivity index (χ3v) is 3.73. The van der Waals surface area contributed by atoms with Crippen LogP contribution in [-0.2, 0) is 6.54 Å². The standard InChI is InChI=1S/C17H10FN3O3/c18-11-7-5-10(6-8-11)15-20-19-14(24-15)9-21-16(22)12-3-1-2-4-13(12)17(21)23/h1-8H,9H2. The van der Waals surface area contributed by atoms with E-state index >= 15 is 0 Å². The van der Waals surface area contributed by atoms with Crippen molar-refractivity contribution in [2.75, 3.05) is 0 Å². The molecule has 6 nitrogen and oxygen atoms in total. The van der Waals surface area contributed by atoms with Crippen LogP contribution in [0.5, 0.6) is 0 Å². The van der Waals surface area contributed by atoms with Crippen molar-refractivity contribution in [3.8, 4) is 11.5 Å². The third kappa shape index (κ3) is 2.26. The van der Waals surface area contributed by atoms with Crippen molar-refractivity contribution in [3.63, 3.8) is 0 Å². The molecule has 2 amide bonds. The van der Waals surface area contributed by atoms with E-state index in [4.69, 9.17) is 4.42 Å². The molecule has 0 unspecified atom stereocenters. The summed E-state index contributed by atoms with van der Waals surface area (Å²) in [5.74, 6) is -0.829. The Labute approximate surface area is 135 Å². The quantitative estimate of drug-likeness (QED) is 0.693. The van der Waals surface area contributed by atoms with Crippen molar-refractivity contribution >= 4 is 11.8 Å². The highest BCUT2D eigenvalue weighted by Crippen LogP contribution is 2.25. The number of nitrogens with zero attached hydrogens (tertiary/aromatic N) is 3. The van der Waals surface area contributed by atoms with Crippen LogP contribution in [0.2, 0.25) is 0 Å². The average molecular weight is 323 g/mol. The second kappa shape index (κ2) is 5.38. The molecule has 1 aliphatic rings.